The van der Waals surface area contributed by atoms with E-state index in [9.17, 15) is 18.0 Å². The fraction of sp³-hybridized carbons (Fsp3) is 0.467. The van der Waals surface area contributed by atoms with Crippen molar-refractivity contribution in [2.75, 3.05) is 31.2 Å². The van der Waals surface area contributed by atoms with E-state index in [-0.39, 0.29) is 16.7 Å². The molecule has 2 saturated heterocycles. The number of benzene rings is 1. The number of morpholine rings is 1. The van der Waals surface area contributed by atoms with Crippen LogP contribution in [-0.4, -0.2) is 50.8 Å². The van der Waals surface area contributed by atoms with Gasteiger partial charge in [0.05, 0.1) is 23.8 Å². The van der Waals surface area contributed by atoms with Crippen molar-refractivity contribution in [2.24, 2.45) is 0 Å². The van der Waals surface area contributed by atoms with Gasteiger partial charge in [0.25, 0.3) is 0 Å². The zero-order chi connectivity index (χ0) is 16.4. The van der Waals surface area contributed by atoms with Crippen molar-refractivity contribution in [1.29, 1.82) is 0 Å². The van der Waals surface area contributed by atoms with E-state index in [2.05, 4.69) is 0 Å². The summed E-state index contributed by atoms with van der Waals surface area (Å²) in [5.74, 6) is -0.491. The summed E-state index contributed by atoms with van der Waals surface area (Å²) in [4.78, 5) is 25.1. The molecule has 124 valence electrons. The molecule has 2 aliphatic heterocycles. The molecule has 0 N–H and O–H groups in total. The van der Waals surface area contributed by atoms with Gasteiger partial charge in [0.2, 0.25) is 21.8 Å². The molecule has 0 bridgehead atoms. The summed E-state index contributed by atoms with van der Waals surface area (Å²) in [5.41, 5.74) is 0.417. The molecule has 1 aromatic carbocycles. The molecule has 1 aromatic rings. The topological polar surface area (TPSA) is 84.0 Å². The maximum atomic E-state index is 12.5. The lowest BCUT2D eigenvalue weighted by Gasteiger charge is -2.27. The number of rotatable bonds is 3. The summed E-state index contributed by atoms with van der Waals surface area (Å²) in [6, 6.07) is 5.90. The molecular formula is C15H18N2O5S. The van der Waals surface area contributed by atoms with Gasteiger partial charge in [-0.15, -0.1) is 0 Å². The van der Waals surface area contributed by atoms with Crippen LogP contribution in [0.15, 0.2) is 29.2 Å². The number of sulfonamides is 1. The molecule has 0 aliphatic carbocycles. The fourth-order valence-electron chi connectivity index (χ4n) is 2.74. The first kappa shape index (κ1) is 16.1. The number of piperidine rings is 1. The molecule has 0 radical (unpaired) electrons. The Balaban J connectivity index is 1.84. The molecule has 8 heteroatoms. The summed E-state index contributed by atoms with van der Waals surface area (Å²) in [6.07, 6.45) is 1.23. The largest absolute Gasteiger partial charge is 0.379 e. The van der Waals surface area contributed by atoms with E-state index >= 15 is 0 Å². The Morgan fingerprint density at radius 1 is 0.913 bits per heavy atom. The van der Waals surface area contributed by atoms with E-state index in [1.165, 1.54) is 28.6 Å². The second-order valence-electron chi connectivity index (χ2n) is 5.49. The number of nitrogens with zero attached hydrogens (tertiary/aromatic N) is 2. The maximum Gasteiger partial charge on any atom is 0.243 e. The molecular weight excluding hydrogens is 320 g/mol. The third kappa shape index (κ3) is 3.15. The fourth-order valence-corrected chi connectivity index (χ4v) is 4.15. The van der Waals surface area contributed by atoms with Crippen LogP contribution >= 0.6 is 0 Å². The van der Waals surface area contributed by atoms with E-state index in [0.29, 0.717) is 51.3 Å². The molecule has 2 amide bonds. The number of hydrogen-bond donors (Lipinski definition) is 0. The van der Waals surface area contributed by atoms with Crippen LogP contribution in [0.2, 0.25) is 0 Å². The summed E-state index contributed by atoms with van der Waals surface area (Å²) >= 11 is 0. The molecule has 23 heavy (non-hydrogen) atoms. The normalized spacial score (nSPS) is 20.8. The third-order valence-electron chi connectivity index (χ3n) is 3.98. The van der Waals surface area contributed by atoms with Gasteiger partial charge >= 0.3 is 0 Å². The Kier molecular flexibility index (Phi) is 4.47. The van der Waals surface area contributed by atoms with Crippen molar-refractivity contribution < 1.29 is 22.7 Å². The predicted molar refractivity (Wildman–Crippen MR) is 82.4 cm³/mol. The minimum Gasteiger partial charge on any atom is -0.379 e. The minimum absolute atomic E-state index is 0.153. The Morgan fingerprint density at radius 3 is 2.04 bits per heavy atom. The molecule has 0 spiro atoms. The monoisotopic (exact) mass is 338 g/mol. The smallest absolute Gasteiger partial charge is 0.243 e. The number of anilines is 1. The molecule has 7 nitrogen and oxygen atoms in total. The van der Waals surface area contributed by atoms with Gasteiger partial charge in [0.15, 0.2) is 0 Å². The van der Waals surface area contributed by atoms with Crippen molar-refractivity contribution in [3.8, 4) is 0 Å². The highest BCUT2D eigenvalue weighted by Gasteiger charge is 2.29. The van der Waals surface area contributed by atoms with E-state index < -0.39 is 10.0 Å². The first-order valence-electron chi connectivity index (χ1n) is 7.54. The lowest BCUT2D eigenvalue weighted by atomic mass is 10.1. The average Bonchev–Trinajstić information content (AvgIpc) is 2.56. The van der Waals surface area contributed by atoms with E-state index in [1.807, 2.05) is 0 Å². The molecule has 2 aliphatic rings. The van der Waals surface area contributed by atoms with Crippen LogP contribution in [-0.2, 0) is 24.3 Å². The maximum absolute atomic E-state index is 12.5. The Morgan fingerprint density at radius 2 is 1.48 bits per heavy atom. The quantitative estimate of drug-likeness (QED) is 0.760. The molecule has 0 saturated carbocycles. The van der Waals surface area contributed by atoms with Crippen molar-refractivity contribution in [3.63, 3.8) is 0 Å². The van der Waals surface area contributed by atoms with Gasteiger partial charge in [0.1, 0.15) is 0 Å². The third-order valence-corrected chi connectivity index (χ3v) is 5.90. The highest BCUT2D eigenvalue weighted by Crippen LogP contribution is 2.25. The number of hydrogen-bond acceptors (Lipinski definition) is 5. The highest BCUT2D eigenvalue weighted by molar-refractivity contribution is 7.89. The average molecular weight is 338 g/mol. The molecule has 0 unspecified atom stereocenters. The van der Waals surface area contributed by atoms with Crippen LogP contribution in [0.4, 0.5) is 5.69 Å². The van der Waals surface area contributed by atoms with Gasteiger partial charge in [-0.25, -0.2) is 8.42 Å². The van der Waals surface area contributed by atoms with Crippen LogP contribution in [0.25, 0.3) is 0 Å². The minimum atomic E-state index is -3.57. The summed E-state index contributed by atoms with van der Waals surface area (Å²) < 4.78 is 31.6. The summed E-state index contributed by atoms with van der Waals surface area (Å²) in [6.45, 7) is 1.42. The van der Waals surface area contributed by atoms with Gasteiger partial charge in [-0.3, -0.25) is 14.5 Å². The second kappa shape index (κ2) is 6.38. The number of imide groups is 1. The van der Waals surface area contributed by atoms with E-state index in [0.717, 1.165) is 4.90 Å². The van der Waals surface area contributed by atoms with Crippen LogP contribution in [0.3, 0.4) is 0 Å². The molecule has 0 atom stereocenters. The van der Waals surface area contributed by atoms with Gasteiger partial charge in [-0.05, 0) is 30.7 Å². The number of carbonyl (C=O) groups excluding carboxylic acids is 2. The van der Waals surface area contributed by atoms with Gasteiger partial charge in [-0.1, -0.05) is 0 Å². The van der Waals surface area contributed by atoms with Gasteiger partial charge < -0.3 is 4.74 Å². The van der Waals surface area contributed by atoms with Crippen LogP contribution < -0.4 is 4.90 Å². The Hall–Kier alpha value is -1.77. The first-order chi connectivity index (χ1) is 11.0. The number of amides is 2. The van der Waals surface area contributed by atoms with Crippen LogP contribution in [0.1, 0.15) is 19.3 Å². The van der Waals surface area contributed by atoms with E-state index in [4.69, 9.17) is 4.74 Å². The van der Waals surface area contributed by atoms with E-state index in [1.54, 1.807) is 0 Å². The number of ether oxygens (including phenoxy) is 1. The second-order valence-corrected chi connectivity index (χ2v) is 7.42. The van der Waals surface area contributed by atoms with Crippen molar-refractivity contribution in [3.05, 3.63) is 24.3 Å². The lowest BCUT2D eigenvalue weighted by Crippen LogP contribution is -2.41. The van der Waals surface area contributed by atoms with Crippen LogP contribution in [0, 0.1) is 0 Å². The predicted octanol–water partition coefficient (Wildman–Crippen LogP) is 0.751. The van der Waals surface area contributed by atoms with Crippen molar-refractivity contribution in [1.82, 2.24) is 4.31 Å². The zero-order valence-electron chi connectivity index (χ0n) is 12.6. The zero-order valence-corrected chi connectivity index (χ0v) is 13.4. The lowest BCUT2D eigenvalue weighted by molar-refractivity contribution is -0.129. The highest BCUT2D eigenvalue weighted by atomic mass is 32.2. The van der Waals surface area contributed by atoms with Crippen LogP contribution in [0.5, 0.6) is 0 Å². The van der Waals surface area contributed by atoms with Gasteiger partial charge in [0, 0.05) is 25.9 Å². The molecule has 3 rings (SSSR count). The Bertz CT molecular complexity index is 692. The molecule has 2 heterocycles. The summed E-state index contributed by atoms with van der Waals surface area (Å²) in [5, 5.41) is 0. The van der Waals surface area contributed by atoms with Gasteiger partial charge in [-0.2, -0.15) is 4.31 Å². The SMILES string of the molecule is O=C1CCCC(=O)N1c1ccc(S(=O)(=O)N2CCOCC2)cc1. The van der Waals surface area contributed by atoms with Crippen molar-refractivity contribution in [2.45, 2.75) is 24.2 Å². The Labute approximate surface area is 134 Å². The summed E-state index contributed by atoms with van der Waals surface area (Å²) in [7, 11) is -3.57. The standard InChI is InChI=1S/C15H18N2O5S/c18-14-2-1-3-15(19)17(14)12-4-6-13(7-5-12)23(20,21)16-8-10-22-11-9-16/h4-7H,1-3,8-11H2. The van der Waals surface area contributed by atoms with Crippen molar-refractivity contribution >= 4 is 27.5 Å². The first-order valence-corrected chi connectivity index (χ1v) is 8.98. The molecule has 0 aromatic heterocycles. The number of carbonyl (C=O) groups is 2. The molecule has 2 fully saturated rings.